The standard InChI is InChI=1S/C26H32O5/c1-7-19-14-20(11-13-21(19)17(3)27)22-12-8-16(2)23(29-6)24(22)31-26(4,5)25(28)30-15-18-9-10-18/h8,11-14,18H,7,9-10,15H2,1-6H3. The van der Waals surface area contributed by atoms with Crippen LogP contribution in [0.15, 0.2) is 30.3 Å². The van der Waals surface area contributed by atoms with E-state index in [0.717, 1.165) is 47.1 Å². The highest BCUT2D eigenvalue weighted by Gasteiger charge is 2.35. The molecule has 0 amide bonds. The fourth-order valence-corrected chi connectivity index (χ4v) is 3.59. The first-order chi connectivity index (χ1) is 14.7. The van der Waals surface area contributed by atoms with Gasteiger partial charge in [0.2, 0.25) is 0 Å². The van der Waals surface area contributed by atoms with Gasteiger partial charge in [0.15, 0.2) is 22.9 Å². The van der Waals surface area contributed by atoms with Crippen LogP contribution in [0.5, 0.6) is 11.5 Å². The van der Waals surface area contributed by atoms with Crippen LogP contribution in [0.4, 0.5) is 0 Å². The summed E-state index contributed by atoms with van der Waals surface area (Å²) >= 11 is 0. The monoisotopic (exact) mass is 424 g/mol. The van der Waals surface area contributed by atoms with Crippen molar-refractivity contribution in [3.8, 4) is 22.6 Å². The molecule has 0 saturated heterocycles. The number of Topliss-reactive ketones (excluding diaryl/α,β-unsaturated/α-hetero) is 1. The van der Waals surface area contributed by atoms with Crippen LogP contribution in [0.3, 0.4) is 0 Å². The summed E-state index contributed by atoms with van der Waals surface area (Å²) in [4.78, 5) is 24.7. The molecule has 2 aromatic carbocycles. The largest absolute Gasteiger partial charge is 0.493 e. The van der Waals surface area contributed by atoms with Gasteiger partial charge < -0.3 is 14.2 Å². The molecule has 1 fully saturated rings. The maximum absolute atomic E-state index is 12.7. The van der Waals surface area contributed by atoms with E-state index in [9.17, 15) is 9.59 Å². The van der Waals surface area contributed by atoms with Crippen molar-refractivity contribution in [1.82, 2.24) is 0 Å². The van der Waals surface area contributed by atoms with Crippen molar-refractivity contribution >= 4 is 11.8 Å². The molecule has 1 saturated carbocycles. The van der Waals surface area contributed by atoms with Crippen LogP contribution in [-0.2, 0) is 16.0 Å². The van der Waals surface area contributed by atoms with Gasteiger partial charge in [-0.1, -0.05) is 37.3 Å². The molecule has 5 nitrogen and oxygen atoms in total. The van der Waals surface area contributed by atoms with Gasteiger partial charge in [-0.3, -0.25) is 4.79 Å². The molecular weight excluding hydrogens is 392 g/mol. The first-order valence-electron chi connectivity index (χ1n) is 10.9. The average Bonchev–Trinajstić information content (AvgIpc) is 3.56. The maximum atomic E-state index is 12.7. The zero-order valence-corrected chi connectivity index (χ0v) is 19.3. The summed E-state index contributed by atoms with van der Waals surface area (Å²) in [5.74, 6) is 1.20. The van der Waals surface area contributed by atoms with Gasteiger partial charge in [0.1, 0.15) is 0 Å². The third-order valence-electron chi connectivity index (χ3n) is 5.69. The third kappa shape index (κ3) is 5.09. The number of carbonyl (C=O) groups excluding carboxylic acids is 2. The van der Waals surface area contributed by atoms with Gasteiger partial charge in [0.05, 0.1) is 13.7 Å². The predicted octanol–water partition coefficient (Wildman–Crippen LogP) is 5.55. The molecule has 0 unspecified atom stereocenters. The van der Waals surface area contributed by atoms with Gasteiger partial charge >= 0.3 is 5.97 Å². The second kappa shape index (κ2) is 9.13. The van der Waals surface area contributed by atoms with Crippen molar-refractivity contribution in [2.24, 2.45) is 5.92 Å². The topological polar surface area (TPSA) is 61.8 Å². The third-order valence-corrected chi connectivity index (χ3v) is 5.69. The van der Waals surface area contributed by atoms with Crippen molar-refractivity contribution in [2.45, 2.75) is 59.5 Å². The molecule has 0 bridgehead atoms. The first-order valence-corrected chi connectivity index (χ1v) is 10.9. The molecule has 3 rings (SSSR count). The minimum Gasteiger partial charge on any atom is -0.493 e. The van der Waals surface area contributed by atoms with Crippen LogP contribution < -0.4 is 9.47 Å². The number of ether oxygens (including phenoxy) is 3. The lowest BCUT2D eigenvalue weighted by molar-refractivity contribution is -0.159. The van der Waals surface area contributed by atoms with E-state index in [1.807, 2.05) is 44.2 Å². The number of rotatable bonds is 9. The van der Waals surface area contributed by atoms with E-state index in [-0.39, 0.29) is 5.78 Å². The van der Waals surface area contributed by atoms with Crippen molar-refractivity contribution in [3.63, 3.8) is 0 Å². The number of benzene rings is 2. The Kier molecular flexibility index (Phi) is 6.73. The van der Waals surface area contributed by atoms with E-state index in [2.05, 4.69) is 0 Å². The summed E-state index contributed by atoms with van der Waals surface area (Å²) in [5, 5.41) is 0. The lowest BCUT2D eigenvalue weighted by Crippen LogP contribution is -2.40. The Bertz CT molecular complexity index is 986. The Labute approximate surface area is 184 Å². The second-order valence-electron chi connectivity index (χ2n) is 8.73. The number of carbonyl (C=O) groups is 2. The average molecular weight is 425 g/mol. The molecule has 5 heteroatoms. The highest BCUT2D eigenvalue weighted by molar-refractivity contribution is 5.96. The van der Waals surface area contributed by atoms with Crippen LogP contribution in [-0.4, -0.2) is 31.1 Å². The normalized spacial score (nSPS) is 13.6. The summed E-state index contributed by atoms with van der Waals surface area (Å²) < 4.78 is 17.4. The number of methoxy groups -OCH3 is 1. The van der Waals surface area contributed by atoms with Gasteiger partial charge in [0, 0.05) is 11.1 Å². The van der Waals surface area contributed by atoms with Crippen molar-refractivity contribution < 1.29 is 23.8 Å². The molecule has 0 aromatic heterocycles. The zero-order valence-electron chi connectivity index (χ0n) is 19.3. The molecule has 1 aliphatic carbocycles. The van der Waals surface area contributed by atoms with Gasteiger partial charge in [-0.05, 0) is 69.6 Å². The van der Waals surface area contributed by atoms with E-state index in [1.165, 1.54) is 0 Å². The summed E-state index contributed by atoms with van der Waals surface area (Å²) in [5.41, 5.74) is 3.11. The molecule has 0 aliphatic heterocycles. The highest BCUT2D eigenvalue weighted by atomic mass is 16.6. The summed E-state index contributed by atoms with van der Waals surface area (Å²) in [6, 6.07) is 9.68. The van der Waals surface area contributed by atoms with E-state index in [4.69, 9.17) is 14.2 Å². The number of ketones is 1. The summed E-state index contributed by atoms with van der Waals surface area (Å²) in [7, 11) is 1.59. The SMILES string of the molecule is CCc1cc(-c2ccc(C)c(OC)c2OC(C)(C)C(=O)OCC2CC2)ccc1C(C)=O. The van der Waals surface area contributed by atoms with Crippen molar-refractivity contribution in [1.29, 1.82) is 0 Å². The van der Waals surface area contributed by atoms with Gasteiger partial charge in [0.25, 0.3) is 0 Å². The number of aryl methyl sites for hydroxylation is 2. The molecule has 0 heterocycles. The van der Waals surface area contributed by atoms with Crippen LogP contribution in [0, 0.1) is 12.8 Å². The van der Waals surface area contributed by atoms with Gasteiger partial charge in [-0.25, -0.2) is 4.79 Å². The van der Waals surface area contributed by atoms with Crippen LogP contribution >= 0.6 is 0 Å². The highest BCUT2D eigenvalue weighted by Crippen LogP contribution is 2.43. The number of esters is 1. The molecule has 0 spiro atoms. The molecule has 0 radical (unpaired) electrons. The quantitative estimate of drug-likeness (QED) is 0.390. The summed E-state index contributed by atoms with van der Waals surface area (Å²) in [6.07, 6.45) is 2.96. The molecule has 1 aliphatic rings. The minimum absolute atomic E-state index is 0.0425. The number of hydrogen-bond donors (Lipinski definition) is 0. The second-order valence-corrected chi connectivity index (χ2v) is 8.73. The van der Waals surface area contributed by atoms with Crippen LogP contribution in [0.25, 0.3) is 11.1 Å². The number of hydrogen-bond acceptors (Lipinski definition) is 5. The molecule has 0 atom stereocenters. The minimum atomic E-state index is -1.18. The molecule has 2 aromatic rings. The van der Waals surface area contributed by atoms with Crippen molar-refractivity contribution in [2.75, 3.05) is 13.7 Å². The Hall–Kier alpha value is -2.82. The fraction of sp³-hybridized carbons (Fsp3) is 0.462. The summed E-state index contributed by atoms with van der Waals surface area (Å²) in [6.45, 7) is 9.40. The zero-order chi connectivity index (χ0) is 22.8. The van der Waals surface area contributed by atoms with Crippen LogP contribution in [0.1, 0.15) is 62.0 Å². The van der Waals surface area contributed by atoms with Crippen LogP contribution in [0.2, 0.25) is 0 Å². The van der Waals surface area contributed by atoms with E-state index < -0.39 is 11.6 Å². The van der Waals surface area contributed by atoms with E-state index in [0.29, 0.717) is 24.0 Å². The molecular formula is C26H32O5. The Balaban J connectivity index is 2.02. The smallest absolute Gasteiger partial charge is 0.349 e. The van der Waals surface area contributed by atoms with Gasteiger partial charge in [-0.15, -0.1) is 0 Å². The lowest BCUT2D eigenvalue weighted by atomic mass is 9.94. The van der Waals surface area contributed by atoms with Gasteiger partial charge in [-0.2, -0.15) is 0 Å². The maximum Gasteiger partial charge on any atom is 0.349 e. The first kappa shape index (κ1) is 22.9. The predicted molar refractivity (Wildman–Crippen MR) is 121 cm³/mol. The molecule has 0 N–H and O–H groups in total. The van der Waals surface area contributed by atoms with Crippen molar-refractivity contribution in [3.05, 3.63) is 47.0 Å². The molecule has 166 valence electrons. The van der Waals surface area contributed by atoms with E-state index in [1.54, 1.807) is 27.9 Å². The Morgan fingerprint density at radius 1 is 1.10 bits per heavy atom. The Morgan fingerprint density at radius 2 is 1.81 bits per heavy atom. The molecule has 31 heavy (non-hydrogen) atoms. The van der Waals surface area contributed by atoms with E-state index >= 15 is 0 Å². The fourth-order valence-electron chi connectivity index (χ4n) is 3.59. The lowest BCUT2D eigenvalue weighted by Gasteiger charge is -2.27. The Morgan fingerprint density at radius 3 is 2.39 bits per heavy atom.